The summed E-state index contributed by atoms with van der Waals surface area (Å²) in [6.45, 7) is 3.82. The first-order valence-electron chi connectivity index (χ1n) is 4.82. The Hall–Kier alpha value is -1.68. The van der Waals surface area contributed by atoms with Gasteiger partial charge in [0, 0.05) is 6.20 Å². The van der Waals surface area contributed by atoms with Crippen molar-refractivity contribution in [3.8, 4) is 0 Å². The SMILES string of the molecule is Cc1ccc2nc(C)c(C(=O)CN)n2c1. The zero-order chi connectivity index (χ0) is 11.0. The Kier molecular flexibility index (Phi) is 2.28. The van der Waals surface area contributed by atoms with Gasteiger partial charge in [0.2, 0.25) is 0 Å². The van der Waals surface area contributed by atoms with E-state index in [0.717, 1.165) is 16.9 Å². The van der Waals surface area contributed by atoms with Gasteiger partial charge >= 0.3 is 0 Å². The molecule has 2 rings (SSSR count). The van der Waals surface area contributed by atoms with Crippen LogP contribution in [0.1, 0.15) is 21.7 Å². The number of nitrogens with two attached hydrogens (primary N) is 1. The minimum absolute atomic E-state index is 0.0164. The van der Waals surface area contributed by atoms with E-state index < -0.39 is 0 Å². The number of pyridine rings is 1. The number of fused-ring (bicyclic) bond motifs is 1. The van der Waals surface area contributed by atoms with E-state index in [1.54, 1.807) is 4.40 Å². The molecule has 0 aromatic carbocycles. The fourth-order valence-corrected chi connectivity index (χ4v) is 1.70. The number of Topliss-reactive ketones (excluding diaryl/α,β-unsaturated/α-hetero) is 1. The maximum absolute atomic E-state index is 11.6. The molecule has 15 heavy (non-hydrogen) atoms. The molecule has 0 bridgehead atoms. The molecule has 0 fully saturated rings. The second-order valence-electron chi connectivity index (χ2n) is 3.61. The van der Waals surface area contributed by atoms with Gasteiger partial charge in [0.15, 0.2) is 5.78 Å². The number of carbonyl (C=O) groups is 1. The predicted octanol–water partition coefficient (Wildman–Crippen LogP) is 1.09. The van der Waals surface area contributed by atoms with Crippen LogP contribution in [-0.4, -0.2) is 21.7 Å². The summed E-state index contributed by atoms with van der Waals surface area (Å²) >= 11 is 0. The molecule has 0 spiro atoms. The van der Waals surface area contributed by atoms with Crippen LogP contribution in [0, 0.1) is 13.8 Å². The molecule has 0 unspecified atom stereocenters. The van der Waals surface area contributed by atoms with Gasteiger partial charge in [-0.25, -0.2) is 4.98 Å². The van der Waals surface area contributed by atoms with Gasteiger partial charge in [-0.1, -0.05) is 6.07 Å². The summed E-state index contributed by atoms with van der Waals surface area (Å²) in [5, 5.41) is 0. The van der Waals surface area contributed by atoms with Crippen LogP contribution in [0.5, 0.6) is 0 Å². The van der Waals surface area contributed by atoms with Crippen molar-refractivity contribution in [2.24, 2.45) is 5.73 Å². The van der Waals surface area contributed by atoms with Crippen molar-refractivity contribution in [2.45, 2.75) is 13.8 Å². The largest absolute Gasteiger partial charge is 0.324 e. The summed E-state index contributed by atoms with van der Waals surface area (Å²) in [5.74, 6) is -0.0781. The maximum Gasteiger partial charge on any atom is 0.194 e. The molecular formula is C11H13N3O. The molecule has 0 saturated heterocycles. The number of rotatable bonds is 2. The van der Waals surface area contributed by atoms with Gasteiger partial charge in [-0.3, -0.25) is 9.20 Å². The van der Waals surface area contributed by atoms with Gasteiger partial charge in [0.1, 0.15) is 11.3 Å². The molecule has 0 amide bonds. The summed E-state index contributed by atoms with van der Waals surface area (Å²) in [7, 11) is 0. The van der Waals surface area contributed by atoms with E-state index in [0.29, 0.717) is 5.69 Å². The molecule has 78 valence electrons. The maximum atomic E-state index is 11.6. The molecule has 0 radical (unpaired) electrons. The second kappa shape index (κ2) is 3.47. The van der Waals surface area contributed by atoms with Crippen LogP contribution in [0.25, 0.3) is 5.65 Å². The number of nitrogens with zero attached hydrogens (tertiary/aromatic N) is 2. The summed E-state index contributed by atoms with van der Waals surface area (Å²) < 4.78 is 1.81. The Morgan fingerprint density at radius 1 is 1.47 bits per heavy atom. The van der Waals surface area contributed by atoms with Crippen LogP contribution in [-0.2, 0) is 0 Å². The van der Waals surface area contributed by atoms with E-state index in [2.05, 4.69) is 4.98 Å². The lowest BCUT2D eigenvalue weighted by Crippen LogP contribution is -2.16. The molecule has 0 aliphatic carbocycles. The lowest BCUT2D eigenvalue weighted by atomic mass is 10.2. The molecule has 0 aliphatic rings. The average molecular weight is 203 g/mol. The Bertz CT molecular complexity index is 528. The van der Waals surface area contributed by atoms with Crippen molar-refractivity contribution in [2.75, 3.05) is 6.54 Å². The van der Waals surface area contributed by atoms with Crippen LogP contribution < -0.4 is 5.73 Å². The molecule has 4 nitrogen and oxygen atoms in total. The first kappa shape index (κ1) is 9.86. The lowest BCUT2D eigenvalue weighted by Gasteiger charge is -2.00. The van der Waals surface area contributed by atoms with Gasteiger partial charge in [-0.05, 0) is 25.5 Å². The van der Waals surface area contributed by atoms with Crippen molar-refractivity contribution in [3.05, 3.63) is 35.3 Å². The van der Waals surface area contributed by atoms with Gasteiger partial charge in [0.25, 0.3) is 0 Å². The molecule has 4 heteroatoms. The average Bonchev–Trinajstić information content (AvgIpc) is 2.52. The monoisotopic (exact) mass is 203 g/mol. The van der Waals surface area contributed by atoms with Crippen molar-refractivity contribution < 1.29 is 4.79 Å². The fraction of sp³-hybridized carbons (Fsp3) is 0.273. The van der Waals surface area contributed by atoms with E-state index in [9.17, 15) is 4.79 Å². The minimum Gasteiger partial charge on any atom is -0.324 e. The second-order valence-corrected chi connectivity index (χ2v) is 3.61. The molecule has 0 aliphatic heterocycles. The summed E-state index contributed by atoms with van der Waals surface area (Å²) in [6, 6.07) is 3.87. The number of hydrogen-bond acceptors (Lipinski definition) is 3. The third-order valence-corrected chi connectivity index (χ3v) is 2.39. The smallest absolute Gasteiger partial charge is 0.194 e. The number of ketones is 1. The van der Waals surface area contributed by atoms with Crippen LogP contribution in [0.3, 0.4) is 0 Å². The minimum atomic E-state index is -0.0781. The predicted molar refractivity (Wildman–Crippen MR) is 58.1 cm³/mol. The number of aromatic nitrogens is 2. The highest BCUT2D eigenvalue weighted by molar-refractivity contribution is 5.97. The zero-order valence-corrected chi connectivity index (χ0v) is 8.82. The fourth-order valence-electron chi connectivity index (χ4n) is 1.70. The van der Waals surface area contributed by atoms with E-state index in [-0.39, 0.29) is 12.3 Å². The Balaban J connectivity index is 2.76. The van der Waals surface area contributed by atoms with Gasteiger partial charge in [0.05, 0.1) is 12.2 Å². The van der Waals surface area contributed by atoms with Gasteiger partial charge in [-0.15, -0.1) is 0 Å². The summed E-state index contributed by atoms with van der Waals surface area (Å²) in [6.07, 6.45) is 1.90. The lowest BCUT2D eigenvalue weighted by molar-refractivity contribution is 0.0995. The molecular weight excluding hydrogens is 190 g/mol. The molecule has 2 heterocycles. The molecule has 0 saturated carbocycles. The number of imidazole rings is 1. The van der Waals surface area contributed by atoms with Gasteiger partial charge < -0.3 is 5.73 Å². The Morgan fingerprint density at radius 2 is 2.20 bits per heavy atom. The van der Waals surface area contributed by atoms with Crippen molar-refractivity contribution in [1.82, 2.24) is 9.38 Å². The van der Waals surface area contributed by atoms with E-state index >= 15 is 0 Å². The third kappa shape index (κ3) is 1.53. The highest BCUT2D eigenvalue weighted by atomic mass is 16.1. The summed E-state index contributed by atoms with van der Waals surface area (Å²) in [4.78, 5) is 15.9. The first-order chi connectivity index (χ1) is 7.13. The van der Waals surface area contributed by atoms with Crippen molar-refractivity contribution in [3.63, 3.8) is 0 Å². The summed E-state index contributed by atoms with van der Waals surface area (Å²) in [5.41, 5.74) is 8.57. The Morgan fingerprint density at radius 3 is 2.87 bits per heavy atom. The van der Waals surface area contributed by atoms with Crippen molar-refractivity contribution in [1.29, 1.82) is 0 Å². The quantitative estimate of drug-likeness (QED) is 0.743. The molecule has 2 aromatic heterocycles. The number of hydrogen-bond donors (Lipinski definition) is 1. The van der Waals surface area contributed by atoms with Crippen LogP contribution in [0.15, 0.2) is 18.3 Å². The Labute approximate surface area is 87.7 Å². The molecule has 0 atom stereocenters. The molecule has 2 N–H and O–H groups in total. The molecule has 2 aromatic rings. The van der Waals surface area contributed by atoms with E-state index in [1.165, 1.54) is 0 Å². The number of carbonyl (C=O) groups excluding carboxylic acids is 1. The van der Waals surface area contributed by atoms with Gasteiger partial charge in [-0.2, -0.15) is 0 Å². The number of aryl methyl sites for hydroxylation is 2. The normalized spacial score (nSPS) is 10.9. The standard InChI is InChI=1S/C11H13N3O/c1-7-3-4-10-13-8(2)11(9(15)5-12)14(10)6-7/h3-4,6H,5,12H2,1-2H3. The first-order valence-corrected chi connectivity index (χ1v) is 4.82. The third-order valence-electron chi connectivity index (χ3n) is 2.39. The van der Waals surface area contributed by atoms with Crippen LogP contribution in [0.4, 0.5) is 0 Å². The highest BCUT2D eigenvalue weighted by Gasteiger charge is 2.14. The highest BCUT2D eigenvalue weighted by Crippen LogP contribution is 2.13. The van der Waals surface area contributed by atoms with E-state index in [1.807, 2.05) is 32.2 Å². The van der Waals surface area contributed by atoms with Crippen LogP contribution in [0.2, 0.25) is 0 Å². The van der Waals surface area contributed by atoms with Crippen molar-refractivity contribution >= 4 is 11.4 Å². The zero-order valence-electron chi connectivity index (χ0n) is 8.82. The van der Waals surface area contributed by atoms with E-state index in [4.69, 9.17) is 5.73 Å². The van der Waals surface area contributed by atoms with Crippen LogP contribution >= 0.6 is 0 Å². The topological polar surface area (TPSA) is 60.4 Å².